The molecule has 3 rings (SSSR count). The Bertz CT molecular complexity index is 1110. The van der Waals surface area contributed by atoms with E-state index in [0.717, 1.165) is 33.6 Å². The number of nitrogens with one attached hydrogen (secondary N) is 2. The highest BCUT2D eigenvalue weighted by atomic mass is 35.5. The summed E-state index contributed by atoms with van der Waals surface area (Å²) in [7, 11) is 0. The van der Waals surface area contributed by atoms with Gasteiger partial charge in [-0.1, -0.05) is 41.5 Å². The molecular formula is C25H32ClN5O2. The van der Waals surface area contributed by atoms with Crippen molar-refractivity contribution in [2.24, 2.45) is 0 Å². The molecule has 0 aliphatic heterocycles. The molecule has 3 aromatic rings. The maximum Gasteiger partial charge on any atom is 0.233 e. The Morgan fingerprint density at radius 3 is 1.36 bits per heavy atom. The summed E-state index contributed by atoms with van der Waals surface area (Å²) in [6.45, 7) is 15.9. The number of aryl methyl sites for hydroxylation is 2. The maximum atomic E-state index is 10.5. The summed E-state index contributed by atoms with van der Waals surface area (Å²) in [5.41, 5.74) is 4.12. The van der Waals surface area contributed by atoms with E-state index in [1.54, 1.807) is 0 Å². The number of aromatic nitrogens is 3. The van der Waals surface area contributed by atoms with E-state index < -0.39 is 0 Å². The van der Waals surface area contributed by atoms with Gasteiger partial charge in [0.15, 0.2) is 0 Å². The molecule has 0 fully saturated rings. The van der Waals surface area contributed by atoms with Crippen LogP contribution >= 0.6 is 11.6 Å². The average Bonchev–Trinajstić information content (AvgIpc) is 2.65. The summed E-state index contributed by atoms with van der Waals surface area (Å²) in [6.07, 6.45) is 0. The third-order valence-corrected chi connectivity index (χ3v) is 5.51. The highest BCUT2D eigenvalue weighted by Crippen LogP contribution is 2.37. The number of aromatic hydroxyl groups is 2. The van der Waals surface area contributed by atoms with Crippen molar-refractivity contribution in [3.05, 3.63) is 51.8 Å². The molecule has 4 N–H and O–H groups in total. The number of benzene rings is 2. The molecule has 1 aromatic heterocycles. The first-order valence-corrected chi connectivity index (χ1v) is 11.2. The summed E-state index contributed by atoms with van der Waals surface area (Å²) in [4.78, 5) is 12.8. The van der Waals surface area contributed by atoms with Crippen LogP contribution in [0.2, 0.25) is 5.28 Å². The Morgan fingerprint density at radius 1 is 0.667 bits per heavy atom. The summed E-state index contributed by atoms with van der Waals surface area (Å²) in [6, 6.07) is 7.42. The Labute approximate surface area is 200 Å². The molecule has 0 amide bonds. The van der Waals surface area contributed by atoms with Crippen molar-refractivity contribution in [3.8, 4) is 11.5 Å². The van der Waals surface area contributed by atoms with Crippen molar-refractivity contribution in [1.29, 1.82) is 0 Å². The van der Waals surface area contributed by atoms with E-state index in [0.29, 0.717) is 0 Å². The second-order valence-electron chi connectivity index (χ2n) is 10.4. The van der Waals surface area contributed by atoms with E-state index in [9.17, 15) is 10.2 Å². The Hall–Kier alpha value is -3.06. The van der Waals surface area contributed by atoms with Crippen LogP contribution < -0.4 is 10.6 Å². The summed E-state index contributed by atoms with van der Waals surface area (Å²) in [5, 5.41) is 27.3. The van der Waals surface area contributed by atoms with E-state index in [4.69, 9.17) is 11.6 Å². The Morgan fingerprint density at radius 2 is 1.03 bits per heavy atom. The minimum Gasteiger partial charge on any atom is -0.507 e. The molecule has 176 valence electrons. The van der Waals surface area contributed by atoms with Crippen LogP contribution in [0.15, 0.2) is 24.3 Å². The van der Waals surface area contributed by atoms with Gasteiger partial charge in [-0.15, -0.1) is 0 Å². The Balaban J connectivity index is 1.95. The van der Waals surface area contributed by atoms with E-state index >= 15 is 0 Å². The summed E-state index contributed by atoms with van der Waals surface area (Å²) >= 11 is 6.18. The number of anilines is 4. The van der Waals surface area contributed by atoms with Gasteiger partial charge in [-0.05, 0) is 71.7 Å². The molecule has 1 heterocycles. The SMILES string of the molecule is Cc1cc(Nc2nc(Cl)nc(Nc3cc(C)c(O)c(C(C)(C)C)c3)n2)cc(C(C)(C)C)c1O. The van der Waals surface area contributed by atoms with E-state index in [2.05, 4.69) is 25.6 Å². The van der Waals surface area contributed by atoms with Crippen molar-refractivity contribution < 1.29 is 10.2 Å². The summed E-state index contributed by atoms with van der Waals surface area (Å²) < 4.78 is 0. The van der Waals surface area contributed by atoms with Crippen LogP contribution in [0, 0.1) is 13.8 Å². The predicted octanol–water partition coefficient (Wildman–Crippen LogP) is 6.64. The van der Waals surface area contributed by atoms with Gasteiger partial charge in [0.05, 0.1) is 0 Å². The fraction of sp³-hybridized carbons (Fsp3) is 0.400. The van der Waals surface area contributed by atoms with Crippen LogP contribution in [0.3, 0.4) is 0 Å². The molecule has 0 radical (unpaired) electrons. The zero-order chi connectivity index (χ0) is 24.7. The lowest BCUT2D eigenvalue weighted by atomic mass is 9.85. The van der Waals surface area contributed by atoms with Crippen molar-refractivity contribution in [2.75, 3.05) is 10.6 Å². The number of halogens is 1. The lowest BCUT2D eigenvalue weighted by Gasteiger charge is -2.23. The normalized spacial score (nSPS) is 12.0. The van der Waals surface area contributed by atoms with Gasteiger partial charge in [0.1, 0.15) is 11.5 Å². The molecule has 0 bridgehead atoms. The lowest BCUT2D eigenvalue weighted by Crippen LogP contribution is -2.13. The molecule has 0 aliphatic rings. The molecule has 2 aromatic carbocycles. The number of hydrogen-bond donors (Lipinski definition) is 4. The minimum atomic E-state index is -0.239. The zero-order valence-corrected chi connectivity index (χ0v) is 21.2. The quantitative estimate of drug-likeness (QED) is 0.317. The van der Waals surface area contributed by atoms with Crippen molar-refractivity contribution >= 4 is 34.9 Å². The van der Waals surface area contributed by atoms with Crippen LogP contribution in [0.25, 0.3) is 0 Å². The molecule has 7 nitrogen and oxygen atoms in total. The third-order valence-electron chi connectivity index (χ3n) is 5.34. The third kappa shape index (κ3) is 5.66. The second kappa shape index (κ2) is 8.71. The Kier molecular flexibility index (Phi) is 6.48. The van der Waals surface area contributed by atoms with Crippen LogP contribution in [-0.4, -0.2) is 25.2 Å². The fourth-order valence-corrected chi connectivity index (χ4v) is 3.73. The van der Waals surface area contributed by atoms with Gasteiger partial charge in [-0.2, -0.15) is 15.0 Å². The van der Waals surface area contributed by atoms with Crippen LogP contribution in [0.1, 0.15) is 63.8 Å². The highest BCUT2D eigenvalue weighted by Gasteiger charge is 2.22. The van der Waals surface area contributed by atoms with Gasteiger partial charge in [0.2, 0.25) is 17.2 Å². The number of phenols is 2. The molecule has 0 unspecified atom stereocenters. The van der Waals surface area contributed by atoms with Gasteiger partial charge in [0.25, 0.3) is 0 Å². The number of rotatable bonds is 4. The minimum absolute atomic E-state index is 0.0353. The predicted molar refractivity (Wildman–Crippen MR) is 134 cm³/mol. The lowest BCUT2D eigenvalue weighted by molar-refractivity contribution is 0.442. The molecule has 0 saturated heterocycles. The van der Waals surface area contributed by atoms with Crippen molar-refractivity contribution in [2.45, 2.75) is 66.2 Å². The first kappa shape index (κ1) is 24.6. The van der Waals surface area contributed by atoms with Gasteiger partial charge < -0.3 is 20.8 Å². The van der Waals surface area contributed by atoms with Gasteiger partial charge >= 0.3 is 0 Å². The zero-order valence-electron chi connectivity index (χ0n) is 20.4. The van der Waals surface area contributed by atoms with Gasteiger partial charge in [-0.3, -0.25) is 0 Å². The van der Waals surface area contributed by atoms with Crippen LogP contribution in [0.5, 0.6) is 11.5 Å². The van der Waals surface area contributed by atoms with Gasteiger partial charge in [-0.25, -0.2) is 0 Å². The van der Waals surface area contributed by atoms with Crippen molar-refractivity contribution in [1.82, 2.24) is 15.0 Å². The largest absolute Gasteiger partial charge is 0.507 e. The molecule has 0 spiro atoms. The smallest absolute Gasteiger partial charge is 0.233 e. The first-order chi connectivity index (χ1) is 15.1. The van der Waals surface area contributed by atoms with Crippen LogP contribution in [0.4, 0.5) is 23.3 Å². The highest BCUT2D eigenvalue weighted by molar-refractivity contribution is 6.28. The topological polar surface area (TPSA) is 103 Å². The molecule has 8 heteroatoms. The monoisotopic (exact) mass is 469 g/mol. The average molecular weight is 470 g/mol. The summed E-state index contributed by atoms with van der Waals surface area (Å²) in [5.74, 6) is 1.10. The maximum absolute atomic E-state index is 10.5. The number of nitrogens with zero attached hydrogens (tertiary/aromatic N) is 3. The standard InChI is InChI=1S/C25H32ClN5O2/c1-13-9-15(11-17(19(13)32)24(3,4)5)27-22-29-21(26)30-23(31-22)28-16-10-14(2)20(33)18(12-16)25(6,7)8/h9-12,32-33H,1-8H3,(H2,27,28,29,30,31). The van der Waals surface area contributed by atoms with E-state index in [1.165, 1.54) is 0 Å². The molecule has 0 aliphatic carbocycles. The fourth-order valence-electron chi connectivity index (χ4n) is 3.57. The van der Waals surface area contributed by atoms with E-state index in [1.807, 2.05) is 79.7 Å². The van der Waals surface area contributed by atoms with Crippen molar-refractivity contribution in [3.63, 3.8) is 0 Å². The van der Waals surface area contributed by atoms with Gasteiger partial charge in [0, 0.05) is 22.5 Å². The molecule has 0 saturated carbocycles. The molecular weight excluding hydrogens is 438 g/mol. The first-order valence-electron chi connectivity index (χ1n) is 10.8. The number of hydrogen-bond acceptors (Lipinski definition) is 7. The van der Waals surface area contributed by atoms with E-state index in [-0.39, 0.29) is 39.5 Å². The number of phenolic OH excluding ortho intramolecular Hbond substituents is 2. The molecule has 33 heavy (non-hydrogen) atoms. The van der Waals surface area contributed by atoms with Crippen LogP contribution in [-0.2, 0) is 10.8 Å². The molecule has 0 atom stereocenters. The second-order valence-corrected chi connectivity index (χ2v) is 10.7.